The van der Waals surface area contributed by atoms with Crippen LogP contribution in [-0.4, -0.2) is 36.8 Å². The molecular weight excluding hydrogens is 286 g/mol. The highest BCUT2D eigenvalue weighted by Crippen LogP contribution is 2.30. The summed E-state index contributed by atoms with van der Waals surface area (Å²) in [7, 11) is 0. The Labute approximate surface area is 121 Å². The number of aliphatic carboxylic acids is 1. The van der Waals surface area contributed by atoms with E-state index < -0.39 is 18.5 Å². The monoisotopic (exact) mass is 301 g/mol. The van der Waals surface area contributed by atoms with Gasteiger partial charge < -0.3 is 19.9 Å². The van der Waals surface area contributed by atoms with Gasteiger partial charge in [0.25, 0.3) is 0 Å². The molecule has 6 nitrogen and oxygen atoms in total. The second-order valence-corrected chi connectivity index (χ2v) is 4.37. The SMILES string of the molecule is CCOc1cc(NC(=O)COCC(=O)O)c(Cl)cc1C. The lowest BCUT2D eigenvalue weighted by Crippen LogP contribution is -2.21. The molecule has 20 heavy (non-hydrogen) atoms. The summed E-state index contributed by atoms with van der Waals surface area (Å²) in [4.78, 5) is 21.8. The predicted molar refractivity (Wildman–Crippen MR) is 74.4 cm³/mol. The molecule has 0 bridgehead atoms. The lowest BCUT2D eigenvalue weighted by molar-refractivity contribution is -0.143. The van der Waals surface area contributed by atoms with Gasteiger partial charge in [0.1, 0.15) is 19.0 Å². The lowest BCUT2D eigenvalue weighted by atomic mass is 10.2. The van der Waals surface area contributed by atoms with Crippen molar-refractivity contribution in [3.05, 3.63) is 22.7 Å². The van der Waals surface area contributed by atoms with Crippen LogP contribution in [0.2, 0.25) is 5.02 Å². The Kier molecular flexibility index (Phi) is 6.27. The predicted octanol–water partition coefficient (Wildman–Crippen LogP) is 2.09. The quantitative estimate of drug-likeness (QED) is 0.805. The van der Waals surface area contributed by atoms with Crippen molar-refractivity contribution < 1.29 is 24.2 Å². The molecule has 1 rings (SSSR count). The van der Waals surface area contributed by atoms with Crippen LogP contribution in [0.3, 0.4) is 0 Å². The molecule has 1 amide bonds. The first-order chi connectivity index (χ1) is 9.43. The van der Waals surface area contributed by atoms with Crippen LogP contribution < -0.4 is 10.1 Å². The zero-order valence-corrected chi connectivity index (χ0v) is 12.0. The number of amides is 1. The van der Waals surface area contributed by atoms with Gasteiger partial charge in [-0.05, 0) is 25.5 Å². The minimum atomic E-state index is -1.13. The van der Waals surface area contributed by atoms with E-state index in [9.17, 15) is 9.59 Å². The Morgan fingerprint density at radius 3 is 2.65 bits per heavy atom. The van der Waals surface area contributed by atoms with E-state index in [1.165, 1.54) is 0 Å². The second kappa shape index (κ2) is 7.72. The molecule has 0 aromatic heterocycles. The molecule has 0 spiro atoms. The standard InChI is InChI=1S/C13H16ClNO5/c1-3-20-11-5-10(9(14)4-8(11)2)15-12(16)6-19-7-13(17)18/h4-5H,3,6-7H2,1-2H3,(H,15,16)(H,17,18). The average molecular weight is 302 g/mol. The topological polar surface area (TPSA) is 84.9 Å². The van der Waals surface area contributed by atoms with E-state index >= 15 is 0 Å². The number of benzene rings is 1. The van der Waals surface area contributed by atoms with Crippen LogP contribution in [0.1, 0.15) is 12.5 Å². The van der Waals surface area contributed by atoms with Crippen LogP contribution in [0.4, 0.5) is 5.69 Å². The van der Waals surface area contributed by atoms with Gasteiger partial charge in [-0.3, -0.25) is 4.79 Å². The van der Waals surface area contributed by atoms with E-state index in [2.05, 4.69) is 10.1 Å². The van der Waals surface area contributed by atoms with Crippen LogP contribution in [0.15, 0.2) is 12.1 Å². The van der Waals surface area contributed by atoms with Crippen LogP contribution in [-0.2, 0) is 14.3 Å². The van der Waals surface area contributed by atoms with E-state index in [1.54, 1.807) is 12.1 Å². The first-order valence-corrected chi connectivity index (χ1v) is 6.34. The van der Waals surface area contributed by atoms with Gasteiger partial charge in [-0.25, -0.2) is 4.79 Å². The molecule has 0 unspecified atom stereocenters. The van der Waals surface area contributed by atoms with Crippen LogP contribution >= 0.6 is 11.6 Å². The van der Waals surface area contributed by atoms with Gasteiger partial charge in [-0.2, -0.15) is 0 Å². The fourth-order valence-corrected chi connectivity index (χ4v) is 1.74. The fourth-order valence-electron chi connectivity index (χ4n) is 1.48. The molecule has 1 aromatic carbocycles. The smallest absolute Gasteiger partial charge is 0.329 e. The summed E-state index contributed by atoms with van der Waals surface area (Å²) in [6, 6.07) is 3.30. The van der Waals surface area contributed by atoms with Crippen molar-refractivity contribution in [1.29, 1.82) is 0 Å². The molecule has 0 aliphatic rings. The molecule has 0 saturated carbocycles. The van der Waals surface area contributed by atoms with E-state index in [0.29, 0.717) is 23.1 Å². The Morgan fingerprint density at radius 1 is 1.35 bits per heavy atom. The van der Waals surface area contributed by atoms with Crippen molar-refractivity contribution >= 4 is 29.2 Å². The highest BCUT2D eigenvalue weighted by Gasteiger charge is 2.10. The van der Waals surface area contributed by atoms with Crippen LogP contribution in [0, 0.1) is 6.92 Å². The minimum Gasteiger partial charge on any atom is -0.494 e. The zero-order valence-electron chi connectivity index (χ0n) is 11.2. The summed E-state index contributed by atoms with van der Waals surface area (Å²) in [5, 5.41) is 11.3. The van der Waals surface area contributed by atoms with Crippen molar-refractivity contribution in [2.24, 2.45) is 0 Å². The first-order valence-electron chi connectivity index (χ1n) is 5.96. The number of carboxylic acids is 1. The number of halogens is 1. The molecule has 0 aliphatic carbocycles. The van der Waals surface area contributed by atoms with Gasteiger partial charge in [0.05, 0.1) is 17.3 Å². The number of carbonyl (C=O) groups excluding carboxylic acids is 1. The maximum atomic E-state index is 11.6. The van der Waals surface area contributed by atoms with Gasteiger partial charge >= 0.3 is 5.97 Å². The molecule has 0 aliphatic heterocycles. The third kappa shape index (κ3) is 5.07. The molecule has 0 fully saturated rings. The number of anilines is 1. The average Bonchev–Trinajstić information content (AvgIpc) is 2.35. The summed E-state index contributed by atoms with van der Waals surface area (Å²) in [6.45, 7) is 3.31. The fraction of sp³-hybridized carbons (Fsp3) is 0.385. The Bertz CT molecular complexity index is 504. The minimum absolute atomic E-state index is 0.361. The van der Waals surface area contributed by atoms with Crippen molar-refractivity contribution in [3.8, 4) is 5.75 Å². The molecule has 0 atom stereocenters. The van der Waals surface area contributed by atoms with Crippen molar-refractivity contribution in [2.75, 3.05) is 25.1 Å². The number of nitrogens with one attached hydrogen (secondary N) is 1. The van der Waals surface area contributed by atoms with E-state index in [0.717, 1.165) is 5.56 Å². The molecule has 0 saturated heterocycles. The Hall–Kier alpha value is -1.79. The maximum absolute atomic E-state index is 11.6. The van der Waals surface area contributed by atoms with E-state index in [4.69, 9.17) is 21.4 Å². The van der Waals surface area contributed by atoms with Gasteiger partial charge in [0.2, 0.25) is 5.91 Å². The molecule has 7 heteroatoms. The van der Waals surface area contributed by atoms with E-state index in [1.807, 2.05) is 13.8 Å². The number of carboxylic acid groups (broad SMARTS) is 1. The molecule has 2 N–H and O–H groups in total. The van der Waals surface area contributed by atoms with Gasteiger partial charge in [0.15, 0.2) is 0 Å². The molecule has 110 valence electrons. The van der Waals surface area contributed by atoms with Gasteiger partial charge in [-0.1, -0.05) is 11.6 Å². The van der Waals surface area contributed by atoms with E-state index in [-0.39, 0.29) is 6.61 Å². The number of hydrogen-bond acceptors (Lipinski definition) is 4. The van der Waals surface area contributed by atoms with Crippen molar-refractivity contribution in [3.63, 3.8) is 0 Å². The number of carbonyl (C=O) groups is 2. The lowest BCUT2D eigenvalue weighted by Gasteiger charge is -2.12. The molecule has 0 heterocycles. The Balaban J connectivity index is 2.68. The van der Waals surface area contributed by atoms with Crippen molar-refractivity contribution in [1.82, 2.24) is 0 Å². The third-order valence-electron chi connectivity index (χ3n) is 2.30. The highest BCUT2D eigenvalue weighted by atomic mass is 35.5. The summed E-state index contributed by atoms with van der Waals surface area (Å²) in [5.41, 5.74) is 1.25. The number of aryl methyl sites for hydroxylation is 1. The summed E-state index contributed by atoms with van der Waals surface area (Å²) < 4.78 is 10.1. The highest BCUT2D eigenvalue weighted by molar-refractivity contribution is 6.33. The molecule has 1 aromatic rings. The number of ether oxygens (including phenoxy) is 2. The zero-order chi connectivity index (χ0) is 15.1. The first kappa shape index (κ1) is 16.3. The maximum Gasteiger partial charge on any atom is 0.329 e. The normalized spacial score (nSPS) is 10.2. The van der Waals surface area contributed by atoms with Gasteiger partial charge in [0, 0.05) is 6.07 Å². The third-order valence-corrected chi connectivity index (χ3v) is 2.61. The largest absolute Gasteiger partial charge is 0.494 e. The van der Waals surface area contributed by atoms with Crippen LogP contribution in [0.5, 0.6) is 5.75 Å². The summed E-state index contributed by atoms with van der Waals surface area (Å²) >= 11 is 6.03. The second-order valence-electron chi connectivity index (χ2n) is 3.97. The van der Waals surface area contributed by atoms with Crippen LogP contribution in [0.25, 0.3) is 0 Å². The molecular formula is C13H16ClNO5. The number of hydrogen-bond donors (Lipinski definition) is 2. The Morgan fingerprint density at radius 2 is 2.05 bits per heavy atom. The summed E-state index contributed by atoms with van der Waals surface area (Å²) in [6.07, 6.45) is 0. The number of rotatable bonds is 7. The summed E-state index contributed by atoms with van der Waals surface area (Å²) in [5.74, 6) is -0.997. The molecule has 0 radical (unpaired) electrons. The van der Waals surface area contributed by atoms with Gasteiger partial charge in [-0.15, -0.1) is 0 Å². The van der Waals surface area contributed by atoms with Crippen molar-refractivity contribution in [2.45, 2.75) is 13.8 Å².